The molecule has 1 N–H and O–H groups in total. The largest absolute Gasteiger partial charge is 0.470 e. The summed E-state index contributed by atoms with van der Waals surface area (Å²) in [5.74, 6) is 0.499. The molecule has 0 unspecified atom stereocenters. The normalized spacial score (nSPS) is 10.8. The van der Waals surface area contributed by atoms with Crippen LogP contribution in [0.5, 0.6) is 5.75 Å². The van der Waals surface area contributed by atoms with Crippen LogP contribution in [0.15, 0.2) is 67.0 Å². The predicted molar refractivity (Wildman–Crippen MR) is 120 cm³/mol. The van der Waals surface area contributed by atoms with Crippen LogP contribution in [0, 0.1) is 0 Å². The molecule has 31 heavy (non-hydrogen) atoms. The standard InChI is InChI=1S/C21H16Cl3N5O2/c22-15-5-6-19(17(24)11-15)31-13-29-9-7-18(26-29)21(30)25-20-8-10-28(27-20)12-14-3-1-2-4-16(14)23/h1-11H,12-13H2,(H,25,27,30). The maximum atomic E-state index is 12.5. The first kappa shape index (κ1) is 21.2. The van der Waals surface area contributed by atoms with E-state index in [9.17, 15) is 4.79 Å². The Balaban J connectivity index is 1.35. The summed E-state index contributed by atoms with van der Waals surface area (Å²) in [7, 11) is 0. The van der Waals surface area contributed by atoms with E-state index < -0.39 is 0 Å². The molecule has 0 spiro atoms. The van der Waals surface area contributed by atoms with Gasteiger partial charge in [-0.05, 0) is 35.9 Å². The maximum absolute atomic E-state index is 12.5. The fourth-order valence-corrected chi connectivity index (χ4v) is 3.44. The molecule has 0 atom stereocenters. The smallest absolute Gasteiger partial charge is 0.277 e. The van der Waals surface area contributed by atoms with Crippen LogP contribution in [0.1, 0.15) is 16.1 Å². The van der Waals surface area contributed by atoms with Crippen LogP contribution in [0.2, 0.25) is 15.1 Å². The summed E-state index contributed by atoms with van der Waals surface area (Å²) in [6.45, 7) is 0.579. The van der Waals surface area contributed by atoms with Gasteiger partial charge in [0.1, 0.15) is 5.75 Å². The lowest BCUT2D eigenvalue weighted by atomic mass is 10.2. The number of hydrogen-bond acceptors (Lipinski definition) is 4. The molecule has 0 aliphatic heterocycles. The van der Waals surface area contributed by atoms with Gasteiger partial charge in [-0.25, -0.2) is 4.68 Å². The van der Waals surface area contributed by atoms with Crippen molar-refractivity contribution < 1.29 is 9.53 Å². The average molecular weight is 477 g/mol. The van der Waals surface area contributed by atoms with Crippen molar-refractivity contribution in [2.24, 2.45) is 0 Å². The Morgan fingerprint density at radius 1 is 0.935 bits per heavy atom. The quantitative estimate of drug-likeness (QED) is 0.389. The van der Waals surface area contributed by atoms with Gasteiger partial charge in [0.25, 0.3) is 5.91 Å². The first-order chi connectivity index (χ1) is 15.0. The van der Waals surface area contributed by atoms with Crippen LogP contribution in [0.25, 0.3) is 0 Å². The van der Waals surface area contributed by atoms with Crippen LogP contribution < -0.4 is 10.1 Å². The Kier molecular flexibility index (Phi) is 6.46. The van der Waals surface area contributed by atoms with Crippen molar-refractivity contribution in [3.8, 4) is 5.75 Å². The van der Waals surface area contributed by atoms with Gasteiger partial charge in [-0.2, -0.15) is 10.2 Å². The zero-order valence-electron chi connectivity index (χ0n) is 16.0. The fourth-order valence-electron chi connectivity index (χ4n) is 2.78. The lowest BCUT2D eigenvalue weighted by Crippen LogP contribution is -2.15. The lowest BCUT2D eigenvalue weighted by molar-refractivity contribution is 0.101. The van der Waals surface area contributed by atoms with Crippen LogP contribution >= 0.6 is 34.8 Å². The molecule has 1 amide bonds. The Hall–Kier alpha value is -3.00. The summed E-state index contributed by atoms with van der Waals surface area (Å²) < 4.78 is 8.79. The highest BCUT2D eigenvalue weighted by Gasteiger charge is 2.12. The van der Waals surface area contributed by atoms with E-state index in [1.54, 1.807) is 47.4 Å². The Morgan fingerprint density at radius 3 is 2.55 bits per heavy atom. The molecule has 0 radical (unpaired) electrons. The van der Waals surface area contributed by atoms with Crippen molar-refractivity contribution in [3.63, 3.8) is 0 Å². The number of benzene rings is 2. The van der Waals surface area contributed by atoms with E-state index in [-0.39, 0.29) is 18.3 Å². The minimum Gasteiger partial charge on any atom is -0.470 e. The molecule has 0 aliphatic carbocycles. The number of nitrogens with zero attached hydrogens (tertiary/aromatic N) is 4. The Bertz CT molecular complexity index is 1220. The summed E-state index contributed by atoms with van der Waals surface area (Å²) in [5, 5.41) is 12.9. The highest BCUT2D eigenvalue weighted by Crippen LogP contribution is 2.27. The number of rotatable bonds is 7. The number of aromatic nitrogens is 4. The van der Waals surface area contributed by atoms with Crippen LogP contribution in [-0.4, -0.2) is 25.5 Å². The fraction of sp³-hybridized carbons (Fsp3) is 0.0952. The molecule has 2 heterocycles. The molecule has 0 saturated carbocycles. The second kappa shape index (κ2) is 9.43. The van der Waals surface area contributed by atoms with E-state index in [4.69, 9.17) is 39.5 Å². The molecule has 4 rings (SSSR count). The number of halogens is 3. The first-order valence-corrected chi connectivity index (χ1v) is 10.3. The number of carbonyl (C=O) groups is 1. The number of hydrogen-bond donors (Lipinski definition) is 1. The molecular weight excluding hydrogens is 461 g/mol. The van der Waals surface area contributed by atoms with E-state index in [0.29, 0.717) is 33.2 Å². The van der Waals surface area contributed by atoms with Gasteiger partial charge in [-0.1, -0.05) is 53.0 Å². The number of amides is 1. The SMILES string of the molecule is O=C(Nc1ccn(Cc2ccccc2Cl)n1)c1ccn(COc2ccc(Cl)cc2Cl)n1. The second-order valence-electron chi connectivity index (χ2n) is 6.53. The molecule has 0 saturated heterocycles. The van der Waals surface area contributed by atoms with Gasteiger partial charge < -0.3 is 10.1 Å². The minimum absolute atomic E-state index is 0.0844. The van der Waals surface area contributed by atoms with Gasteiger partial charge >= 0.3 is 0 Å². The average Bonchev–Trinajstić information content (AvgIpc) is 3.39. The molecule has 0 aliphatic rings. The Morgan fingerprint density at radius 2 is 1.74 bits per heavy atom. The lowest BCUT2D eigenvalue weighted by Gasteiger charge is -2.08. The summed E-state index contributed by atoms with van der Waals surface area (Å²) >= 11 is 18.1. The molecule has 158 valence electrons. The number of carbonyl (C=O) groups excluding carboxylic acids is 1. The topological polar surface area (TPSA) is 74.0 Å². The van der Waals surface area contributed by atoms with Crippen molar-refractivity contribution >= 4 is 46.5 Å². The van der Waals surface area contributed by atoms with Gasteiger partial charge in [0.15, 0.2) is 18.2 Å². The molecule has 7 nitrogen and oxygen atoms in total. The van der Waals surface area contributed by atoms with Crippen molar-refractivity contribution in [1.29, 1.82) is 0 Å². The highest BCUT2D eigenvalue weighted by molar-refractivity contribution is 6.35. The third-order valence-electron chi connectivity index (χ3n) is 4.29. The van der Waals surface area contributed by atoms with E-state index in [1.807, 2.05) is 24.3 Å². The van der Waals surface area contributed by atoms with E-state index in [2.05, 4.69) is 15.5 Å². The second-order valence-corrected chi connectivity index (χ2v) is 7.78. The van der Waals surface area contributed by atoms with Crippen molar-refractivity contribution in [2.45, 2.75) is 13.3 Å². The van der Waals surface area contributed by atoms with Gasteiger partial charge in [0.05, 0.1) is 11.6 Å². The molecule has 0 bridgehead atoms. The van der Waals surface area contributed by atoms with Crippen LogP contribution in [0.4, 0.5) is 5.82 Å². The molecule has 10 heteroatoms. The molecule has 0 fully saturated rings. The van der Waals surface area contributed by atoms with Crippen molar-refractivity contribution in [2.75, 3.05) is 5.32 Å². The minimum atomic E-state index is -0.383. The van der Waals surface area contributed by atoms with Crippen molar-refractivity contribution in [3.05, 3.63) is 93.3 Å². The van der Waals surface area contributed by atoms with E-state index >= 15 is 0 Å². The van der Waals surface area contributed by atoms with Gasteiger partial charge in [0.2, 0.25) is 0 Å². The van der Waals surface area contributed by atoms with Gasteiger partial charge in [-0.3, -0.25) is 9.48 Å². The molecule has 2 aromatic carbocycles. The zero-order valence-corrected chi connectivity index (χ0v) is 18.3. The Labute approximate surface area is 193 Å². The molecular formula is C21H16Cl3N5O2. The summed E-state index contributed by atoms with van der Waals surface area (Å²) in [6, 6.07) is 15.8. The third-order valence-corrected chi connectivity index (χ3v) is 5.19. The predicted octanol–water partition coefficient (Wildman–Crippen LogP) is 5.38. The van der Waals surface area contributed by atoms with E-state index in [1.165, 1.54) is 4.68 Å². The number of anilines is 1. The monoisotopic (exact) mass is 475 g/mol. The first-order valence-electron chi connectivity index (χ1n) is 9.17. The maximum Gasteiger partial charge on any atom is 0.277 e. The number of nitrogens with one attached hydrogen (secondary N) is 1. The summed E-state index contributed by atoms with van der Waals surface area (Å²) in [6.07, 6.45) is 3.40. The number of ether oxygens (including phenoxy) is 1. The van der Waals surface area contributed by atoms with E-state index in [0.717, 1.165) is 5.56 Å². The van der Waals surface area contributed by atoms with Crippen LogP contribution in [0.3, 0.4) is 0 Å². The highest BCUT2D eigenvalue weighted by atomic mass is 35.5. The van der Waals surface area contributed by atoms with Crippen molar-refractivity contribution in [1.82, 2.24) is 19.6 Å². The van der Waals surface area contributed by atoms with Gasteiger partial charge in [-0.15, -0.1) is 0 Å². The third kappa shape index (κ3) is 5.38. The van der Waals surface area contributed by atoms with Crippen LogP contribution in [-0.2, 0) is 13.3 Å². The zero-order chi connectivity index (χ0) is 21.8. The molecule has 2 aromatic heterocycles. The summed E-state index contributed by atoms with van der Waals surface area (Å²) in [5.41, 5.74) is 1.16. The summed E-state index contributed by atoms with van der Waals surface area (Å²) in [4.78, 5) is 12.5. The molecule has 4 aromatic rings. The van der Waals surface area contributed by atoms with Gasteiger partial charge in [0, 0.05) is 28.5 Å².